The smallest absolute Gasteiger partial charge is 0.0723 e. The van der Waals surface area contributed by atoms with Crippen LogP contribution in [0.25, 0.3) is 0 Å². The van der Waals surface area contributed by atoms with E-state index in [1.54, 1.807) is 0 Å². The molecule has 0 fully saturated rings. The van der Waals surface area contributed by atoms with Crippen LogP contribution in [0.5, 0.6) is 0 Å². The zero-order valence-corrected chi connectivity index (χ0v) is 12.4. The first kappa shape index (κ1) is 16.0. The highest BCUT2D eigenvalue weighted by Crippen LogP contribution is 2.20. The molecule has 108 valence electrons. The van der Waals surface area contributed by atoms with E-state index in [-0.39, 0.29) is 6.10 Å². The molecule has 2 N–H and O–H groups in total. The fourth-order valence-electron chi connectivity index (χ4n) is 1.92. The predicted molar refractivity (Wildman–Crippen MR) is 80.5 cm³/mol. The van der Waals surface area contributed by atoms with Gasteiger partial charge in [-0.05, 0) is 57.2 Å². The molecule has 1 aromatic carbocycles. The largest absolute Gasteiger partial charge is 0.396 e. The first-order valence-corrected chi connectivity index (χ1v) is 7.20. The van der Waals surface area contributed by atoms with Crippen LogP contribution >= 0.6 is 0 Å². The van der Waals surface area contributed by atoms with Crippen LogP contribution in [-0.2, 0) is 11.3 Å². The molecule has 3 nitrogen and oxygen atoms in total. The van der Waals surface area contributed by atoms with Gasteiger partial charge in [0, 0.05) is 18.8 Å². The first-order valence-electron chi connectivity index (χ1n) is 7.20. The first-order chi connectivity index (χ1) is 9.15. The fourth-order valence-corrected chi connectivity index (χ4v) is 1.92. The highest BCUT2D eigenvalue weighted by atomic mass is 16.5. The molecule has 0 aliphatic rings. The third kappa shape index (κ3) is 6.08. The Hall–Kier alpha value is -1.06. The Morgan fingerprint density at radius 3 is 2.68 bits per heavy atom. The van der Waals surface area contributed by atoms with Gasteiger partial charge in [-0.2, -0.15) is 0 Å². The molecule has 0 aliphatic heterocycles. The molecular weight excluding hydrogens is 238 g/mol. The number of ether oxygens (including phenoxy) is 1. The van der Waals surface area contributed by atoms with Crippen LogP contribution in [0.15, 0.2) is 18.2 Å². The second-order valence-electron chi connectivity index (χ2n) is 5.16. The number of anilines is 1. The Morgan fingerprint density at radius 2 is 2.00 bits per heavy atom. The van der Waals surface area contributed by atoms with Crippen LogP contribution < -0.4 is 5.32 Å². The maximum absolute atomic E-state index is 8.73. The third-order valence-corrected chi connectivity index (χ3v) is 3.17. The van der Waals surface area contributed by atoms with Gasteiger partial charge in [-0.1, -0.05) is 12.1 Å². The van der Waals surface area contributed by atoms with Gasteiger partial charge in [0.05, 0.1) is 12.7 Å². The highest BCUT2D eigenvalue weighted by molar-refractivity contribution is 5.53. The molecule has 0 bridgehead atoms. The van der Waals surface area contributed by atoms with Crippen LogP contribution in [-0.4, -0.2) is 24.4 Å². The van der Waals surface area contributed by atoms with Crippen LogP contribution in [0.1, 0.15) is 44.2 Å². The Morgan fingerprint density at radius 1 is 1.21 bits per heavy atom. The average Bonchev–Trinajstić information content (AvgIpc) is 2.38. The van der Waals surface area contributed by atoms with Crippen molar-refractivity contribution in [1.29, 1.82) is 0 Å². The molecule has 0 amide bonds. The van der Waals surface area contributed by atoms with Gasteiger partial charge in [-0.25, -0.2) is 0 Å². The van der Waals surface area contributed by atoms with E-state index in [0.717, 1.165) is 25.8 Å². The monoisotopic (exact) mass is 265 g/mol. The minimum atomic E-state index is 0.259. The average molecular weight is 265 g/mol. The number of nitrogens with one attached hydrogen (secondary N) is 1. The zero-order chi connectivity index (χ0) is 14.1. The van der Waals surface area contributed by atoms with Gasteiger partial charge in [-0.15, -0.1) is 0 Å². The van der Waals surface area contributed by atoms with Gasteiger partial charge in [0.1, 0.15) is 0 Å². The minimum absolute atomic E-state index is 0.259. The lowest BCUT2D eigenvalue weighted by Crippen LogP contribution is -2.07. The highest BCUT2D eigenvalue weighted by Gasteiger charge is 2.04. The summed E-state index contributed by atoms with van der Waals surface area (Å²) in [6.07, 6.45) is 3.31. The van der Waals surface area contributed by atoms with E-state index in [2.05, 4.69) is 44.3 Å². The minimum Gasteiger partial charge on any atom is -0.396 e. The number of hydrogen-bond acceptors (Lipinski definition) is 3. The number of hydrogen-bond donors (Lipinski definition) is 2. The Kier molecular flexibility index (Phi) is 7.53. The normalized spacial score (nSPS) is 11.0. The molecule has 0 unspecified atom stereocenters. The van der Waals surface area contributed by atoms with E-state index >= 15 is 0 Å². The molecule has 1 rings (SSSR count). The quantitative estimate of drug-likeness (QED) is 0.672. The van der Waals surface area contributed by atoms with Crippen LogP contribution in [0, 0.1) is 6.92 Å². The predicted octanol–water partition coefficient (Wildman–Crippen LogP) is 3.49. The molecular formula is C16H27NO2. The van der Waals surface area contributed by atoms with E-state index in [1.165, 1.54) is 16.8 Å². The fraction of sp³-hybridized carbons (Fsp3) is 0.625. The molecule has 19 heavy (non-hydrogen) atoms. The number of unbranched alkanes of at least 4 members (excludes halogenated alkanes) is 2. The van der Waals surface area contributed by atoms with E-state index in [0.29, 0.717) is 13.2 Å². The maximum atomic E-state index is 8.73. The van der Waals surface area contributed by atoms with Crippen molar-refractivity contribution in [3.05, 3.63) is 29.3 Å². The summed E-state index contributed by atoms with van der Waals surface area (Å²) in [5.74, 6) is 0. The van der Waals surface area contributed by atoms with E-state index in [1.807, 2.05) is 0 Å². The molecule has 0 radical (unpaired) electrons. The van der Waals surface area contributed by atoms with Crippen molar-refractivity contribution in [3.8, 4) is 0 Å². The molecule has 0 aromatic heterocycles. The summed E-state index contributed by atoms with van der Waals surface area (Å²) in [6, 6.07) is 6.30. The van der Waals surface area contributed by atoms with Crippen molar-refractivity contribution in [1.82, 2.24) is 0 Å². The number of aliphatic hydroxyl groups is 1. The summed E-state index contributed by atoms with van der Waals surface area (Å²) in [4.78, 5) is 0. The summed E-state index contributed by atoms with van der Waals surface area (Å²) in [7, 11) is 0. The van der Waals surface area contributed by atoms with Crippen molar-refractivity contribution >= 4 is 5.69 Å². The second kappa shape index (κ2) is 8.94. The van der Waals surface area contributed by atoms with Gasteiger partial charge < -0.3 is 15.2 Å². The summed E-state index contributed by atoms with van der Waals surface area (Å²) in [5.41, 5.74) is 3.70. The van der Waals surface area contributed by atoms with Crippen molar-refractivity contribution < 1.29 is 9.84 Å². The lowest BCUT2D eigenvalue weighted by Gasteiger charge is -2.14. The standard InChI is InChI=1S/C16H27NO2/c1-13(2)19-12-15-8-7-9-16(14(15)3)17-10-5-4-6-11-18/h7-9,13,17-18H,4-6,10-12H2,1-3H3. The lowest BCUT2D eigenvalue weighted by molar-refractivity contribution is 0.0654. The van der Waals surface area contributed by atoms with Gasteiger partial charge in [0.25, 0.3) is 0 Å². The van der Waals surface area contributed by atoms with Crippen LogP contribution in [0.3, 0.4) is 0 Å². The second-order valence-corrected chi connectivity index (χ2v) is 5.16. The summed E-state index contributed by atoms with van der Waals surface area (Å²) < 4.78 is 5.67. The van der Waals surface area contributed by atoms with E-state index < -0.39 is 0 Å². The molecule has 0 saturated heterocycles. The number of benzene rings is 1. The zero-order valence-electron chi connectivity index (χ0n) is 12.4. The topological polar surface area (TPSA) is 41.5 Å². The van der Waals surface area contributed by atoms with Crippen molar-refractivity contribution in [3.63, 3.8) is 0 Å². The van der Waals surface area contributed by atoms with Gasteiger partial charge in [0.2, 0.25) is 0 Å². The molecule has 3 heteroatoms. The lowest BCUT2D eigenvalue weighted by atomic mass is 10.1. The third-order valence-electron chi connectivity index (χ3n) is 3.17. The van der Waals surface area contributed by atoms with E-state index in [9.17, 15) is 0 Å². The SMILES string of the molecule is Cc1c(COC(C)C)cccc1NCCCCCO. The van der Waals surface area contributed by atoms with Crippen molar-refractivity contribution in [2.45, 2.75) is 52.7 Å². The molecule has 0 saturated carbocycles. The molecule has 0 heterocycles. The van der Waals surface area contributed by atoms with Crippen LogP contribution in [0.2, 0.25) is 0 Å². The number of rotatable bonds is 9. The molecule has 0 spiro atoms. The Bertz CT molecular complexity index is 364. The summed E-state index contributed by atoms with van der Waals surface area (Å²) in [6.45, 7) is 8.16. The summed E-state index contributed by atoms with van der Waals surface area (Å²) in [5, 5.41) is 12.2. The van der Waals surface area contributed by atoms with Crippen molar-refractivity contribution in [2.75, 3.05) is 18.5 Å². The Labute approximate surface area is 117 Å². The van der Waals surface area contributed by atoms with Gasteiger partial charge in [-0.3, -0.25) is 0 Å². The van der Waals surface area contributed by atoms with Gasteiger partial charge >= 0.3 is 0 Å². The molecule has 0 atom stereocenters. The molecule has 1 aromatic rings. The van der Waals surface area contributed by atoms with Gasteiger partial charge in [0.15, 0.2) is 0 Å². The van der Waals surface area contributed by atoms with Crippen LogP contribution in [0.4, 0.5) is 5.69 Å². The molecule has 0 aliphatic carbocycles. The maximum Gasteiger partial charge on any atom is 0.0723 e. The van der Waals surface area contributed by atoms with E-state index in [4.69, 9.17) is 9.84 Å². The van der Waals surface area contributed by atoms with Crippen molar-refractivity contribution in [2.24, 2.45) is 0 Å². The number of aliphatic hydroxyl groups excluding tert-OH is 1. The Balaban J connectivity index is 2.47. The summed E-state index contributed by atoms with van der Waals surface area (Å²) >= 11 is 0.